The Bertz CT molecular complexity index is 526. The standard InChI is InChI=1S/C16H23FN4/c1-16(2,3)20-11-12-7-9-19-15(14(12)17)21(10-4-8-18)13-5-6-13/h7,9,13,20H,4-6,10-11H2,1-3H3. The Balaban J connectivity index is 2.17. The molecule has 114 valence electrons. The summed E-state index contributed by atoms with van der Waals surface area (Å²) in [5, 5.41) is 12.1. The summed E-state index contributed by atoms with van der Waals surface area (Å²) >= 11 is 0. The van der Waals surface area contributed by atoms with Gasteiger partial charge in [0.25, 0.3) is 0 Å². The molecule has 0 unspecified atom stereocenters. The molecule has 1 aliphatic rings. The monoisotopic (exact) mass is 290 g/mol. The lowest BCUT2D eigenvalue weighted by Crippen LogP contribution is -2.35. The van der Waals surface area contributed by atoms with Gasteiger partial charge in [-0.05, 0) is 39.7 Å². The Morgan fingerprint density at radius 2 is 2.19 bits per heavy atom. The van der Waals surface area contributed by atoms with Gasteiger partial charge in [0, 0.05) is 36.4 Å². The van der Waals surface area contributed by atoms with Crippen molar-refractivity contribution in [1.82, 2.24) is 10.3 Å². The minimum Gasteiger partial charge on any atom is -0.350 e. The lowest BCUT2D eigenvalue weighted by Gasteiger charge is -2.25. The molecule has 1 heterocycles. The molecule has 1 fully saturated rings. The lowest BCUT2D eigenvalue weighted by molar-refractivity contribution is 0.418. The average Bonchev–Trinajstić information content (AvgIpc) is 3.23. The Kier molecular flexibility index (Phi) is 4.79. The van der Waals surface area contributed by atoms with E-state index in [1.165, 1.54) is 0 Å². The minimum absolute atomic E-state index is 0.0626. The van der Waals surface area contributed by atoms with Crippen LogP contribution in [-0.4, -0.2) is 23.1 Å². The van der Waals surface area contributed by atoms with Gasteiger partial charge in [-0.15, -0.1) is 0 Å². The molecule has 0 radical (unpaired) electrons. The van der Waals surface area contributed by atoms with E-state index < -0.39 is 0 Å². The third-order valence-electron chi connectivity index (χ3n) is 3.48. The van der Waals surface area contributed by atoms with E-state index in [2.05, 4.69) is 37.1 Å². The molecule has 1 aromatic heterocycles. The van der Waals surface area contributed by atoms with Crippen molar-refractivity contribution in [3.8, 4) is 6.07 Å². The van der Waals surface area contributed by atoms with E-state index in [0.717, 1.165) is 12.8 Å². The maximum atomic E-state index is 14.7. The molecule has 0 aliphatic heterocycles. The first-order chi connectivity index (χ1) is 9.92. The van der Waals surface area contributed by atoms with Gasteiger partial charge in [-0.3, -0.25) is 0 Å². The Morgan fingerprint density at radius 1 is 1.48 bits per heavy atom. The number of halogens is 1. The van der Waals surface area contributed by atoms with E-state index in [1.54, 1.807) is 12.3 Å². The van der Waals surface area contributed by atoms with Crippen LogP contribution in [0.25, 0.3) is 0 Å². The highest BCUT2D eigenvalue weighted by Crippen LogP contribution is 2.32. The third kappa shape index (κ3) is 4.40. The Morgan fingerprint density at radius 3 is 2.76 bits per heavy atom. The predicted octanol–water partition coefficient (Wildman–Crippen LogP) is 2.99. The molecular formula is C16H23FN4. The lowest BCUT2D eigenvalue weighted by atomic mass is 10.1. The smallest absolute Gasteiger partial charge is 0.170 e. The summed E-state index contributed by atoms with van der Waals surface area (Å²) < 4.78 is 14.7. The summed E-state index contributed by atoms with van der Waals surface area (Å²) in [6.07, 6.45) is 4.15. The zero-order valence-corrected chi connectivity index (χ0v) is 13.0. The first-order valence-electron chi connectivity index (χ1n) is 7.44. The fraction of sp³-hybridized carbons (Fsp3) is 0.625. The van der Waals surface area contributed by atoms with Crippen molar-refractivity contribution in [2.45, 2.75) is 58.2 Å². The predicted molar refractivity (Wildman–Crippen MR) is 81.4 cm³/mol. The molecule has 0 atom stereocenters. The maximum Gasteiger partial charge on any atom is 0.170 e. The van der Waals surface area contributed by atoms with Crippen LogP contribution in [0, 0.1) is 17.1 Å². The Hall–Kier alpha value is -1.67. The van der Waals surface area contributed by atoms with Crippen LogP contribution in [0.2, 0.25) is 0 Å². The van der Waals surface area contributed by atoms with Crippen molar-refractivity contribution in [1.29, 1.82) is 5.26 Å². The molecule has 21 heavy (non-hydrogen) atoms. The third-order valence-corrected chi connectivity index (χ3v) is 3.48. The van der Waals surface area contributed by atoms with Crippen molar-refractivity contribution in [2.75, 3.05) is 11.4 Å². The number of anilines is 1. The van der Waals surface area contributed by atoms with Crippen LogP contribution in [0.15, 0.2) is 12.3 Å². The van der Waals surface area contributed by atoms with Crippen molar-refractivity contribution in [3.05, 3.63) is 23.6 Å². The quantitative estimate of drug-likeness (QED) is 0.875. The molecule has 1 aliphatic carbocycles. The van der Waals surface area contributed by atoms with Crippen LogP contribution < -0.4 is 10.2 Å². The number of nitriles is 1. The molecule has 0 amide bonds. The summed E-state index contributed by atoms with van der Waals surface area (Å²) in [6, 6.07) is 4.18. The number of hydrogen-bond donors (Lipinski definition) is 1. The fourth-order valence-corrected chi connectivity index (χ4v) is 2.19. The van der Waals surface area contributed by atoms with Gasteiger partial charge in [-0.25, -0.2) is 9.37 Å². The van der Waals surface area contributed by atoms with Gasteiger partial charge in [-0.2, -0.15) is 5.26 Å². The zero-order valence-electron chi connectivity index (χ0n) is 13.0. The average molecular weight is 290 g/mol. The second-order valence-electron chi connectivity index (χ2n) is 6.54. The largest absolute Gasteiger partial charge is 0.350 e. The van der Waals surface area contributed by atoms with E-state index in [4.69, 9.17) is 5.26 Å². The summed E-state index contributed by atoms with van der Waals surface area (Å²) in [7, 11) is 0. The zero-order chi connectivity index (χ0) is 15.5. The highest BCUT2D eigenvalue weighted by atomic mass is 19.1. The van der Waals surface area contributed by atoms with Crippen molar-refractivity contribution in [2.24, 2.45) is 0 Å². The molecule has 5 heteroatoms. The van der Waals surface area contributed by atoms with Crippen LogP contribution >= 0.6 is 0 Å². The maximum absolute atomic E-state index is 14.7. The van der Waals surface area contributed by atoms with E-state index >= 15 is 0 Å². The number of nitrogens with zero attached hydrogens (tertiary/aromatic N) is 3. The topological polar surface area (TPSA) is 52.0 Å². The van der Waals surface area contributed by atoms with Crippen LogP contribution in [0.4, 0.5) is 10.2 Å². The van der Waals surface area contributed by atoms with Crippen LogP contribution in [0.3, 0.4) is 0 Å². The molecule has 0 saturated heterocycles. The van der Waals surface area contributed by atoms with Crippen LogP contribution in [0.1, 0.15) is 45.6 Å². The van der Waals surface area contributed by atoms with Gasteiger partial charge in [0.15, 0.2) is 11.6 Å². The molecule has 0 spiro atoms. The van der Waals surface area contributed by atoms with Gasteiger partial charge in [0.2, 0.25) is 0 Å². The summed E-state index contributed by atoms with van der Waals surface area (Å²) in [4.78, 5) is 6.16. The van der Waals surface area contributed by atoms with E-state index in [0.29, 0.717) is 36.9 Å². The molecule has 1 N–H and O–H groups in total. The number of rotatable bonds is 6. The van der Waals surface area contributed by atoms with E-state index in [-0.39, 0.29) is 11.4 Å². The van der Waals surface area contributed by atoms with Crippen LogP contribution in [0.5, 0.6) is 0 Å². The fourth-order valence-electron chi connectivity index (χ4n) is 2.19. The first-order valence-corrected chi connectivity index (χ1v) is 7.44. The van der Waals surface area contributed by atoms with Gasteiger partial charge >= 0.3 is 0 Å². The van der Waals surface area contributed by atoms with Crippen LogP contribution in [-0.2, 0) is 6.54 Å². The molecule has 1 aromatic rings. The molecular weight excluding hydrogens is 267 g/mol. The molecule has 0 bridgehead atoms. The molecule has 4 nitrogen and oxygen atoms in total. The minimum atomic E-state index is -0.265. The summed E-state index contributed by atoms with van der Waals surface area (Å²) in [5.41, 5.74) is 0.560. The molecule has 0 aromatic carbocycles. The van der Waals surface area contributed by atoms with Crippen molar-refractivity contribution in [3.63, 3.8) is 0 Å². The van der Waals surface area contributed by atoms with Gasteiger partial charge in [0.05, 0.1) is 12.5 Å². The highest BCUT2D eigenvalue weighted by molar-refractivity contribution is 5.45. The second-order valence-corrected chi connectivity index (χ2v) is 6.54. The van der Waals surface area contributed by atoms with Crippen molar-refractivity contribution >= 4 is 5.82 Å². The number of aromatic nitrogens is 1. The number of pyridine rings is 1. The van der Waals surface area contributed by atoms with Gasteiger partial charge in [0.1, 0.15) is 0 Å². The van der Waals surface area contributed by atoms with E-state index in [9.17, 15) is 4.39 Å². The Labute approximate surface area is 126 Å². The summed E-state index contributed by atoms with van der Waals surface area (Å²) in [6.45, 7) is 7.17. The highest BCUT2D eigenvalue weighted by Gasteiger charge is 2.31. The molecule has 1 saturated carbocycles. The van der Waals surface area contributed by atoms with Gasteiger partial charge < -0.3 is 10.2 Å². The summed E-state index contributed by atoms with van der Waals surface area (Å²) in [5.74, 6) is 0.125. The first kappa shape index (κ1) is 15.7. The van der Waals surface area contributed by atoms with Gasteiger partial charge in [-0.1, -0.05) is 0 Å². The van der Waals surface area contributed by atoms with E-state index in [1.807, 2.05) is 4.90 Å². The second kappa shape index (κ2) is 6.40. The molecule has 2 rings (SSSR count). The number of nitrogens with one attached hydrogen (secondary N) is 1. The number of hydrogen-bond acceptors (Lipinski definition) is 4. The normalized spacial score (nSPS) is 14.8. The SMILES string of the molecule is CC(C)(C)NCc1ccnc(N(CCC#N)C2CC2)c1F. The van der Waals surface area contributed by atoms with Crippen molar-refractivity contribution < 1.29 is 4.39 Å².